The number of nitrogens with zero attached hydrogens (tertiary/aromatic N) is 1. The fraction of sp³-hybridized carbons (Fsp3) is 0.366. The minimum atomic E-state index is -0.774. The van der Waals surface area contributed by atoms with Crippen LogP contribution in [0.5, 0.6) is 0 Å². The Labute approximate surface area is 289 Å². The van der Waals surface area contributed by atoms with Crippen molar-refractivity contribution in [2.45, 2.75) is 83.1 Å². The van der Waals surface area contributed by atoms with Crippen LogP contribution in [0.4, 0.5) is 0 Å². The Bertz CT molecular complexity index is 1610. The Morgan fingerprint density at radius 1 is 0.776 bits per heavy atom. The standard InChI is InChI=1S/C41H48N2O6/c1-43(27-30-11-5-4-6-12-30)28-36-25-38(33-19-17-31(29-44)18-20-33)49-41(48-36)34-23-21-32(22-24-34)37-14-10-9-13-35(37)26-42-39(45)15-7-2-3-8-16-40(46)47/h4-6,9-14,17-24,36,38,41,44H,2-3,7-8,15-16,25-29H2,1H3,(H,42,45)(H,46,47). The molecular weight excluding hydrogens is 616 g/mol. The van der Waals surface area contributed by atoms with Gasteiger partial charge in [0.15, 0.2) is 6.29 Å². The molecule has 3 atom stereocenters. The Morgan fingerprint density at radius 3 is 2.16 bits per heavy atom. The molecule has 1 aliphatic heterocycles. The molecule has 1 heterocycles. The van der Waals surface area contributed by atoms with Gasteiger partial charge in [-0.3, -0.25) is 14.5 Å². The van der Waals surface area contributed by atoms with E-state index in [1.807, 2.05) is 48.5 Å². The summed E-state index contributed by atoms with van der Waals surface area (Å²) in [7, 11) is 2.12. The number of rotatable bonds is 17. The molecule has 1 saturated heterocycles. The number of aliphatic carboxylic acids is 1. The number of likely N-dealkylation sites (N-methyl/N-ethyl adjacent to an activating group) is 1. The lowest BCUT2D eigenvalue weighted by molar-refractivity contribution is -0.252. The molecule has 49 heavy (non-hydrogen) atoms. The molecule has 0 spiro atoms. The highest BCUT2D eigenvalue weighted by molar-refractivity contribution is 5.76. The zero-order valence-corrected chi connectivity index (χ0v) is 28.3. The van der Waals surface area contributed by atoms with Crippen molar-refractivity contribution in [2.75, 3.05) is 13.6 Å². The molecule has 258 valence electrons. The first kappa shape index (κ1) is 36.0. The lowest BCUT2D eigenvalue weighted by Crippen LogP contribution is -2.37. The van der Waals surface area contributed by atoms with Gasteiger partial charge in [0.1, 0.15) is 0 Å². The molecule has 4 aromatic rings. The van der Waals surface area contributed by atoms with Gasteiger partial charge in [-0.1, -0.05) is 116 Å². The van der Waals surface area contributed by atoms with Crippen LogP contribution in [0.25, 0.3) is 11.1 Å². The van der Waals surface area contributed by atoms with Crippen LogP contribution in [0.2, 0.25) is 0 Å². The normalized spacial score (nSPS) is 17.6. The maximum atomic E-state index is 12.5. The van der Waals surface area contributed by atoms with Crippen LogP contribution in [0, 0.1) is 0 Å². The number of aliphatic hydroxyl groups excluding tert-OH is 1. The average molecular weight is 665 g/mol. The number of hydrogen-bond acceptors (Lipinski definition) is 6. The predicted molar refractivity (Wildman–Crippen MR) is 190 cm³/mol. The smallest absolute Gasteiger partial charge is 0.303 e. The van der Waals surface area contributed by atoms with Crippen molar-refractivity contribution in [3.8, 4) is 11.1 Å². The zero-order valence-electron chi connectivity index (χ0n) is 28.3. The highest BCUT2D eigenvalue weighted by Gasteiger charge is 2.33. The Hall–Kier alpha value is -4.34. The molecule has 8 nitrogen and oxygen atoms in total. The number of ether oxygens (including phenoxy) is 2. The molecule has 3 N–H and O–H groups in total. The second-order valence-electron chi connectivity index (χ2n) is 12.9. The van der Waals surface area contributed by atoms with Crippen molar-refractivity contribution < 1.29 is 29.3 Å². The summed E-state index contributed by atoms with van der Waals surface area (Å²) in [6.45, 7) is 2.01. The number of nitrogens with one attached hydrogen (secondary N) is 1. The van der Waals surface area contributed by atoms with E-state index in [0.717, 1.165) is 72.2 Å². The largest absolute Gasteiger partial charge is 0.481 e. The number of hydrogen-bond donors (Lipinski definition) is 3. The first-order valence-electron chi connectivity index (χ1n) is 17.3. The van der Waals surface area contributed by atoms with E-state index in [2.05, 4.69) is 71.9 Å². The van der Waals surface area contributed by atoms with Gasteiger partial charge < -0.3 is 25.0 Å². The van der Waals surface area contributed by atoms with Crippen molar-refractivity contribution in [2.24, 2.45) is 0 Å². The van der Waals surface area contributed by atoms with E-state index in [1.54, 1.807) is 0 Å². The summed E-state index contributed by atoms with van der Waals surface area (Å²) in [5.41, 5.74) is 7.24. The van der Waals surface area contributed by atoms with Gasteiger partial charge in [-0.15, -0.1) is 0 Å². The van der Waals surface area contributed by atoms with Gasteiger partial charge in [0.05, 0.1) is 18.8 Å². The number of aliphatic hydroxyl groups is 1. The number of carbonyl (C=O) groups excluding carboxylic acids is 1. The molecule has 0 radical (unpaired) electrons. The van der Waals surface area contributed by atoms with Crippen LogP contribution in [0.15, 0.2) is 103 Å². The molecule has 5 rings (SSSR count). The SMILES string of the molecule is CN(Cc1ccccc1)CC1CC(c2ccc(CO)cc2)OC(c2ccc(-c3ccccc3CNC(=O)CCCCCCC(=O)O)cc2)O1. The Balaban J connectivity index is 1.23. The minimum absolute atomic E-state index is 0.000459. The summed E-state index contributed by atoms with van der Waals surface area (Å²) in [5, 5.41) is 21.4. The molecule has 0 bridgehead atoms. The lowest BCUT2D eigenvalue weighted by atomic mass is 9.97. The summed E-state index contributed by atoms with van der Waals surface area (Å²) in [5.74, 6) is -0.775. The van der Waals surface area contributed by atoms with Crippen molar-refractivity contribution in [3.63, 3.8) is 0 Å². The van der Waals surface area contributed by atoms with Gasteiger partial charge >= 0.3 is 5.97 Å². The molecule has 0 saturated carbocycles. The second-order valence-corrected chi connectivity index (χ2v) is 12.9. The fourth-order valence-electron chi connectivity index (χ4n) is 6.31. The predicted octanol–water partition coefficient (Wildman–Crippen LogP) is 7.56. The molecule has 4 aromatic carbocycles. The van der Waals surface area contributed by atoms with E-state index < -0.39 is 12.3 Å². The molecule has 1 amide bonds. The summed E-state index contributed by atoms with van der Waals surface area (Å²) in [4.78, 5) is 25.5. The quantitative estimate of drug-likeness (QED) is 0.100. The third kappa shape index (κ3) is 11.1. The van der Waals surface area contributed by atoms with E-state index >= 15 is 0 Å². The number of carbonyl (C=O) groups is 2. The van der Waals surface area contributed by atoms with Crippen LogP contribution in [-0.2, 0) is 38.8 Å². The van der Waals surface area contributed by atoms with E-state index in [0.29, 0.717) is 19.4 Å². The summed E-state index contributed by atoms with van der Waals surface area (Å²) in [6.07, 6.45) is 3.64. The number of benzene rings is 4. The molecular formula is C41H48N2O6. The van der Waals surface area contributed by atoms with E-state index in [4.69, 9.17) is 14.6 Å². The van der Waals surface area contributed by atoms with Gasteiger partial charge in [0.2, 0.25) is 5.91 Å². The highest BCUT2D eigenvalue weighted by atomic mass is 16.7. The maximum absolute atomic E-state index is 12.5. The first-order chi connectivity index (χ1) is 23.9. The third-order valence-corrected chi connectivity index (χ3v) is 8.96. The zero-order chi connectivity index (χ0) is 34.4. The number of amides is 1. The van der Waals surface area contributed by atoms with E-state index in [1.165, 1.54) is 5.56 Å². The van der Waals surface area contributed by atoms with Crippen molar-refractivity contribution >= 4 is 11.9 Å². The third-order valence-electron chi connectivity index (χ3n) is 8.96. The van der Waals surface area contributed by atoms with Crippen LogP contribution >= 0.6 is 0 Å². The van der Waals surface area contributed by atoms with Gasteiger partial charge in [-0.25, -0.2) is 0 Å². The Kier molecular flexibility index (Phi) is 13.5. The number of carboxylic acids is 1. The molecule has 3 unspecified atom stereocenters. The van der Waals surface area contributed by atoms with Gasteiger partial charge in [-0.05, 0) is 53.3 Å². The first-order valence-corrected chi connectivity index (χ1v) is 17.3. The maximum Gasteiger partial charge on any atom is 0.303 e. The van der Waals surface area contributed by atoms with Gasteiger partial charge in [0, 0.05) is 44.5 Å². The molecule has 1 aliphatic rings. The van der Waals surface area contributed by atoms with Crippen molar-refractivity contribution in [1.82, 2.24) is 10.2 Å². The van der Waals surface area contributed by atoms with Crippen LogP contribution in [-0.4, -0.2) is 46.7 Å². The number of unbranched alkanes of at least 4 members (excludes halogenated alkanes) is 3. The summed E-state index contributed by atoms with van der Waals surface area (Å²) < 4.78 is 13.2. The van der Waals surface area contributed by atoms with E-state index in [9.17, 15) is 14.7 Å². The van der Waals surface area contributed by atoms with Crippen molar-refractivity contribution in [1.29, 1.82) is 0 Å². The number of carboxylic acid groups (broad SMARTS) is 1. The van der Waals surface area contributed by atoms with Crippen LogP contribution in [0.3, 0.4) is 0 Å². The highest BCUT2D eigenvalue weighted by Crippen LogP contribution is 2.39. The molecule has 8 heteroatoms. The second kappa shape index (κ2) is 18.4. The molecule has 1 fully saturated rings. The molecule has 0 aromatic heterocycles. The minimum Gasteiger partial charge on any atom is -0.481 e. The van der Waals surface area contributed by atoms with Crippen molar-refractivity contribution in [3.05, 3.63) is 131 Å². The van der Waals surface area contributed by atoms with Gasteiger partial charge in [0.25, 0.3) is 0 Å². The topological polar surface area (TPSA) is 108 Å². The Morgan fingerprint density at radius 2 is 1.45 bits per heavy atom. The van der Waals surface area contributed by atoms with Gasteiger partial charge in [-0.2, -0.15) is 0 Å². The summed E-state index contributed by atoms with van der Waals surface area (Å²) >= 11 is 0. The molecule has 0 aliphatic carbocycles. The monoisotopic (exact) mass is 664 g/mol. The fourth-order valence-corrected chi connectivity index (χ4v) is 6.31. The van der Waals surface area contributed by atoms with Crippen LogP contribution < -0.4 is 5.32 Å². The van der Waals surface area contributed by atoms with Crippen LogP contribution in [0.1, 0.15) is 85.2 Å². The average Bonchev–Trinajstić information content (AvgIpc) is 3.12. The lowest BCUT2D eigenvalue weighted by Gasteiger charge is -2.38. The van der Waals surface area contributed by atoms with E-state index in [-0.39, 0.29) is 31.1 Å². The summed E-state index contributed by atoms with van der Waals surface area (Å²) in [6, 6.07) is 34.7.